The highest BCUT2D eigenvalue weighted by molar-refractivity contribution is 4.85. The molecule has 1 fully saturated rings. The summed E-state index contributed by atoms with van der Waals surface area (Å²) in [5.41, 5.74) is 0.251. The van der Waals surface area contributed by atoms with Crippen molar-refractivity contribution in [3.05, 3.63) is 0 Å². The van der Waals surface area contributed by atoms with E-state index in [2.05, 4.69) is 32.7 Å². The maximum Gasteiger partial charge on any atom is 0.0700 e. The van der Waals surface area contributed by atoms with Crippen molar-refractivity contribution in [3.63, 3.8) is 0 Å². The molecule has 0 radical (unpaired) electrons. The molecule has 0 amide bonds. The second kappa shape index (κ2) is 3.35. The van der Waals surface area contributed by atoms with E-state index in [0.29, 0.717) is 5.92 Å². The number of likely N-dealkylation sites (N-methyl/N-ethyl adjacent to an activating group) is 1. The lowest BCUT2D eigenvalue weighted by atomic mass is 9.74. The second-order valence-electron chi connectivity index (χ2n) is 5.09. The fraction of sp³-hybridized carbons (Fsp3) is 1.00. The van der Waals surface area contributed by atoms with Crippen molar-refractivity contribution in [2.24, 2.45) is 11.3 Å². The van der Waals surface area contributed by atoms with Crippen LogP contribution in [-0.2, 0) is 0 Å². The SMILES string of the molecule is CN1CC[C@H](C(C)(C)C)[C@H](O)C1. The zero-order chi connectivity index (χ0) is 9.35. The number of nitrogens with zero attached hydrogens (tertiary/aromatic N) is 1. The van der Waals surface area contributed by atoms with Crippen molar-refractivity contribution in [3.8, 4) is 0 Å². The Bertz CT molecular complexity index is 150. The Morgan fingerprint density at radius 1 is 1.33 bits per heavy atom. The number of aliphatic hydroxyl groups excluding tert-OH is 1. The zero-order valence-corrected chi connectivity index (χ0v) is 8.67. The number of hydrogen-bond acceptors (Lipinski definition) is 2. The van der Waals surface area contributed by atoms with Gasteiger partial charge in [-0.3, -0.25) is 0 Å². The molecule has 12 heavy (non-hydrogen) atoms. The van der Waals surface area contributed by atoms with Crippen molar-refractivity contribution in [1.82, 2.24) is 4.90 Å². The molecule has 1 saturated heterocycles. The molecular formula is C10H21NO. The van der Waals surface area contributed by atoms with Gasteiger partial charge in [0.05, 0.1) is 6.10 Å². The molecule has 2 atom stereocenters. The molecule has 0 aromatic carbocycles. The molecule has 0 spiro atoms. The summed E-state index contributed by atoms with van der Waals surface area (Å²) in [5, 5.41) is 9.83. The summed E-state index contributed by atoms with van der Waals surface area (Å²) < 4.78 is 0. The van der Waals surface area contributed by atoms with Gasteiger partial charge in [-0.25, -0.2) is 0 Å². The van der Waals surface area contributed by atoms with Gasteiger partial charge in [-0.1, -0.05) is 20.8 Å². The Hall–Kier alpha value is -0.0800. The summed E-state index contributed by atoms with van der Waals surface area (Å²) in [6, 6.07) is 0. The van der Waals surface area contributed by atoms with Crippen LogP contribution in [0, 0.1) is 11.3 Å². The molecule has 1 heterocycles. The third-order valence-electron chi connectivity index (χ3n) is 2.90. The van der Waals surface area contributed by atoms with Gasteiger partial charge in [0.15, 0.2) is 0 Å². The van der Waals surface area contributed by atoms with E-state index in [4.69, 9.17) is 0 Å². The van der Waals surface area contributed by atoms with Gasteiger partial charge in [0.25, 0.3) is 0 Å². The van der Waals surface area contributed by atoms with E-state index in [1.807, 2.05) is 0 Å². The maximum atomic E-state index is 9.83. The number of β-amino-alcohol motifs (C(OH)–C–C–N with tert-alkyl or cyclic N) is 1. The first-order chi connectivity index (χ1) is 5.41. The maximum absolute atomic E-state index is 9.83. The first-order valence-corrected chi connectivity index (χ1v) is 4.78. The van der Waals surface area contributed by atoms with Crippen LogP contribution in [0.4, 0.5) is 0 Å². The first-order valence-electron chi connectivity index (χ1n) is 4.78. The van der Waals surface area contributed by atoms with Crippen molar-refractivity contribution in [2.75, 3.05) is 20.1 Å². The minimum atomic E-state index is -0.135. The number of aliphatic hydroxyl groups is 1. The average molecular weight is 171 g/mol. The smallest absolute Gasteiger partial charge is 0.0700 e. The zero-order valence-electron chi connectivity index (χ0n) is 8.67. The van der Waals surface area contributed by atoms with Gasteiger partial charge in [-0.2, -0.15) is 0 Å². The van der Waals surface area contributed by atoms with Gasteiger partial charge in [0, 0.05) is 6.54 Å². The van der Waals surface area contributed by atoms with Crippen LogP contribution in [0.3, 0.4) is 0 Å². The van der Waals surface area contributed by atoms with Gasteiger partial charge in [-0.05, 0) is 31.3 Å². The van der Waals surface area contributed by atoms with E-state index in [1.165, 1.54) is 0 Å². The normalized spacial score (nSPS) is 33.8. The summed E-state index contributed by atoms with van der Waals surface area (Å²) in [4.78, 5) is 2.20. The number of piperidine rings is 1. The van der Waals surface area contributed by atoms with Gasteiger partial charge < -0.3 is 10.0 Å². The summed E-state index contributed by atoms with van der Waals surface area (Å²) in [5.74, 6) is 0.466. The van der Waals surface area contributed by atoms with E-state index in [0.717, 1.165) is 19.5 Å². The quantitative estimate of drug-likeness (QED) is 0.594. The van der Waals surface area contributed by atoms with E-state index in [9.17, 15) is 5.11 Å². The Balaban J connectivity index is 2.57. The van der Waals surface area contributed by atoms with Gasteiger partial charge in [0.2, 0.25) is 0 Å². The topological polar surface area (TPSA) is 23.5 Å². The molecule has 0 aromatic heterocycles. The average Bonchev–Trinajstić information content (AvgIpc) is 1.83. The van der Waals surface area contributed by atoms with Crippen molar-refractivity contribution in [1.29, 1.82) is 0 Å². The van der Waals surface area contributed by atoms with E-state index >= 15 is 0 Å². The highest BCUT2D eigenvalue weighted by atomic mass is 16.3. The monoisotopic (exact) mass is 171 g/mol. The second-order valence-corrected chi connectivity index (χ2v) is 5.09. The fourth-order valence-corrected chi connectivity index (χ4v) is 2.10. The highest BCUT2D eigenvalue weighted by Crippen LogP contribution is 2.33. The number of likely N-dealkylation sites (tertiary alicyclic amines) is 1. The molecular weight excluding hydrogens is 150 g/mol. The number of hydrogen-bond donors (Lipinski definition) is 1. The van der Waals surface area contributed by atoms with E-state index < -0.39 is 0 Å². The summed E-state index contributed by atoms with van der Waals surface area (Å²) in [7, 11) is 2.07. The molecule has 0 unspecified atom stereocenters. The molecule has 0 bridgehead atoms. The van der Waals surface area contributed by atoms with Crippen LogP contribution in [0.2, 0.25) is 0 Å². The summed E-state index contributed by atoms with van der Waals surface area (Å²) in [6.45, 7) is 8.60. The van der Waals surface area contributed by atoms with Crippen LogP contribution < -0.4 is 0 Å². The molecule has 0 aromatic rings. The van der Waals surface area contributed by atoms with Crippen LogP contribution in [0.1, 0.15) is 27.2 Å². The van der Waals surface area contributed by atoms with Gasteiger partial charge >= 0.3 is 0 Å². The van der Waals surface area contributed by atoms with Crippen LogP contribution >= 0.6 is 0 Å². The molecule has 1 aliphatic rings. The predicted octanol–water partition coefficient (Wildman–Crippen LogP) is 1.35. The van der Waals surface area contributed by atoms with Crippen LogP contribution in [0.25, 0.3) is 0 Å². The largest absolute Gasteiger partial charge is 0.391 e. The van der Waals surface area contributed by atoms with Crippen LogP contribution in [-0.4, -0.2) is 36.2 Å². The number of rotatable bonds is 0. The Kier molecular flexibility index (Phi) is 2.79. The molecule has 1 N–H and O–H groups in total. The molecule has 0 saturated carbocycles. The van der Waals surface area contributed by atoms with Gasteiger partial charge in [-0.15, -0.1) is 0 Å². The van der Waals surface area contributed by atoms with E-state index in [-0.39, 0.29) is 11.5 Å². The van der Waals surface area contributed by atoms with Crippen molar-refractivity contribution >= 4 is 0 Å². The fourth-order valence-electron chi connectivity index (χ4n) is 2.10. The molecule has 72 valence electrons. The minimum absolute atomic E-state index is 0.135. The summed E-state index contributed by atoms with van der Waals surface area (Å²) >= 11 is 0. The Labute approximate surface area is 75.6 Å². The lowest BCUT2D eigenvalue weighted by Gasteiger charge is -2.41. The van der Waals surface area contributed by atoms with Crippen molar-refractivity contribution < 1.29 is 5.11 Å². The third kappa shape index (κ3) is 2.20. The van der Waals surface area contributed by atoms with Crippen LogP contribution in [0.15, 0.2) is 0 Å². The molecule has 2 heteroatoms. The first kappa shape index (κ1) is 10.0. The minimum Gasteiger partial charge on any atom is -0.391 e. The van der Waals surface area contributed by atoms with Crippen molar-refractivity contribution in [2.45, 2.75) is 33.3 Å². The molecule has 1 rings (SSSR count). The Morgan fingerprint density at radius 3 is 2.33 bits per heavy atom. The molecule has 0 aliphatic carbocycles. The molecule has 1 aliphatic heterocycles. The van der Waals surface area contributed by atoms with Gasteiger partial charge in [0.1, 0.15) is 0 Å². The standard InChI is InChI=1S/C10H21NO/c1-10(2,3)8-5-6-11(4)7-9(8)12/h8-9,12H,5-7H2,1-4H3/t8-,9+/m0/s1. The van der Waals surface area contributed by atoms with Crippen LogP contribution in [0.5, 0.6) is 0 Å². The van der Waals surface area contributed by atoms with E-state index in [1.54, 1.807) is 0 Å². The summed E-state index contributed by atoms with van der Waals surface area (Å²) in [6.07, 6.45) is 0.991. The predicted molar refractivity (Wildman–Crippen MR) is 51.1 cm³/mol. The third-order valence-corrected chi connectivity index (χ3v) is 2.90. The molecule has 2 nitrogen and oxygen atoms in total. The highest BCUT2D eigenvalue weighted by Gasteiger charge is 2.34. The Morgan fingerprint density at radius 2 is 1.92 bits per heavy atom. The lowest BCUT2D eigenvalue weighted by Crippen LogP contribution is -2.46. The lowest BCUT2D eigenvalue weighted by molar-refractivity contribution is -0.0165.